The van der Waals surface area contributed by atoms with E-state index < -0.39 is 0 Å². The molecule has 0 spiro atoms. The summed E-state index contributed by atoms with van der Waals surface area (Å²) in [5, 5.41) is 8.95. The fourth-order valence-corrected chi connectivity index (χ4v) is 3.47. The summed E-state index contributed by atoms with van der Waals surface area (Å²) in [5.74, 6) is 0.834. The number of carbonyl (C=O) groups excluding carboxylic acids is 1. The Labute approximate surface area is 184 Å². The average molecular weight is 424 g/mol. The highest BCUT2D eigenvalue weighted by Crippen LogP contribution is 2.32. The highest BCUT2D eigenvalue weighted by Gasteiger charge is 2.16. The fraction of sp³-hybridized carbons (Fsp3) is 0.0800. The van der Waals surface area contributed by atoms with E-state index in [-0.39, 0.29) is 12.7 Å². The number of hydrazone groups is 1. The lowest BCUT2D eigenvalue weighted by Crippen LogP contribution is -2.17. The number of amides is 1. The number of benzene rings is 3. The standard InChI is InChI=1S/C25H20N4O3/c1-17-6-5-7-18(12-17)24-20(15-29(28-24)21-8-3-2-4-9-21)14-26-27-25(30)19-10-11-22-23(13-19)32-16-31-22/h2-15H,16H2,1H3,(H,27,30)/b26-14-. The molecule has 4 aromatic rings. The molecule has 158 valence electrons. The quantitative estimate of drug-likeness (QED) is 0.382. The Morgan fingerprint density at radius 1 is 1.03 bits per heavy atom. The van der Waals surface area contributed by atoms with Crippen LogP contribution in [0.4, 0.5) is 0 Å². The topological polar surface area (TPSA) is 77.7 Å². The molecule has 7 heteroatoms. The predicted molar refractivity (Wildman–Crippen MR) is 121 cm³/mol. The molecule has 1 N–H and O–H groups in total. The van der Waals surface area contributed by atoms with Crippen molar-refractivity contribution in [2.45, 2.75) is 6.92 Å². The van der Waals surface area contributed by atoms with Crippen molar-refractivity contribution in [3.63, 3.8) is 0 Å². The second-order valence-corrected chi connectivity index (χ2v) is 7.35. The predicted octanol–water partition coefficient (Wildman–Crippen LogP) is 4.34. The molecule has 1 aliphatic rings. The fourth-order valence-electron chi connectivity index (χ4n) is 3.47. The van der Waals surface area contributed by atoms with Crippen LogP contribution in [-0.2, 0) is 0 Å². The average Bonchev–Trinajstić information content (AvgIpc) is 3.46. The summed E-state index contributed by atoms with van der Waals surface area (Å²) in [7, 11) is 0. The van der Waals surface area contributed by atoms with Gasteiger partial charge in [0.1, 0.15) is 5.69 Å². The zero-order valence-corrected chi connectivity index (χ0v) is 17.4. The highest BCUT2D eigenvalue weighted by atomic mass is 16.7. The van der Waals surface area contributed by atoms with Crippen LogP contribution in [-0.4, -0.2) is 28.7 Å². The molecule has 7 nitrogen and oxygen atoms in total. The minimum absolute atomic E-state index is 0.158. The van der Waals surface area contributed by atoms with Gasteiger partial charge in [0, 0.05) is 22.9 Å². The lowest BCUT2D eigenvalue weighted by atomic mass is 10.1. The molecule has 1 aliphatic heterocycles. The second-order valence-electron chi connectivity index (χ2n) is 7.35. The van der Waals surface area contributed by atoms with Gasteiger partial charge in [0.05, 0.1) is 11.9 Å². The molecule has 0 atom stereocenters. The number of ether oxygens (including phenoxy) is 2. The van der Waals surface area contributed by atoms with Crippen LogP contribution < -0.4 is 14.9 Å². The minimum atomic E-state index is -0.341. The number of hydrogen-bond acceptors (Lipinski definition) is 5. The van der Waals surface area contributed by atoms with Crippen molar-refractivity contribution in [3.8, 4) is 28.4 Å². The first-order valence-corrected chi connectivity index (χ1v) is 10.1. The summed E-state index contributed by atoms with van der Waals surface area (Å²) < 4.78 is 12.4. The summed E-state index contributed by atoms with van der Waals surface area (Å²) >= 11 is 0. The molecule has 0 aliphatic carbocycles. The molecule has 0 saturated carbocycles. The van der Waals surface area contributed by atoms with Crippen molar-refractivity contribution >= 4 is 12.1 Å². The molecule has 5 rings (SSSR count). The van der Waals surface area contributed by atoms with Crippen LogP contribution in [0.25, 0.3) is 16.9 Å². The molecule has 3 aromatic carbocycles. The highest BCUT2D eigenvalue weighted by molar-refractivity contribution is 5.96. The Morgan fingerprint density at radius 2 is 1.88 bits per heavy atom. The zero-order chi connectivity index (χ0) is 21.9. The summed E-state index contributed by atoms with van der Waals surface area (Å²) in [6.07, 6.45) is 3.50. The lowest BCUT2D eigenvalue weighted by Gasteiger charge is -2.02. The molecule has 0 fully saturated rings. The summed E-state index contributed by atoms with van der Waals surface area (Å²) in [6.45, 7) is 2.20. The van der Waals surface area contributed by atoms with Crippen LogP contribution in [0.5, 0.6) is 11.5 Å². The smallest absolute Gasteiger partial charge is 0.271 e. The number of nitrogens with zero attached hydrogens (tertiary/aromatic N) is 3. The number of hydrogen-bond donors (Lipinski definition) is 1. The van der Waals surface area contributed by atoms with E-state index in [1.807, 2.05) is 61.7 Å². The Balaban J connectivity index is 1.42. The number of aromatic nitrogens is 2. The number of para-hydroxylation sites is 1. The van der Waals surface area contributed by atoms with Gasteiger partial charge in [-0.25, -0.2) is 10.1 Å². The van der Waals surface area contributed by atoms with Gasteiger partial charge >= 0.3 is 0 Å². The first kappa shape index (κ1) is 19.6. The van der Waals surface area contributed by atoms with Gasteiger partial charge in [0.15, 0.2) is 11.5 Å². The Kier molecular flexibility index (Phi) is 5.13. The minimum Gasteiger partial charge on any atom is -0.454 e. The Bertz CT molecular complexity index is 1310. The van der Waals surface area contributed by atoms with E-state index in [1.54, 1.807) is 29.1 Å². The van der Waals surface area contributed by atoms with Crippen LogP contribution in [0.1, 0.15) is 21.5 Å². The van der Waals surface area contributed by atoms with E-state index in [0.717, 1.165) is 28.1 Å². The van der Waals surface area contributed by atoms with E-state index in [4.69, 9.17) is 14.6 Å². The van der Waals surface area contributed by atoms with E-state index >= 15 is 0 Å². The third kappa shape index (κ3) is 3.96. The number of fused-ring (bicyclic) bond motifs is 1. The Morgan fingerprint density at radius 3 is 2.72 bits per heavy atom. The molecule has 2 heterocycles. The van der Waals surface area contributed by atoms with Crippen LogP contribution in [0.2, 0.25) is 0 Å². The molecule has 1 amide bonds. The number of nitrogens with one attached hydrogen (secondary N) is 1. The molecular weight excluding hydrogens is 404 g/mol. The molecular formula is C25H20N4O3. The van der Waals surface area contributed by atoms with Crippen molar-refractivity contribution in [3.05, 3.63) is 95.7 Å². The van der Waals surface area contributed by atoms with Gasteiger partial charge in [-0.1, -0.05) is 42.0 Å². The summed E-state index contributed by atoms with van der Waals surface area (Å²) in [5.41, 5.74) is 7.62. The van der Waals surface area contributed by atoms with Crippen molar-refractivity contribution in [1.82, 2.24) is 15.2 Å². The Hall–Kier alpha value is -4.39. The number of aryl methyl sites for hydroxylation is 1. The van der Waals surface area contributed by atoms with Crippen LogP contribution in [0.3, 0.4) is 0 Å². The first-order valence-electron chi connectivity index (χ1n) is 10.1. The van der Waals surface area contributed by atoms with Gasteiger partial charge in [0.2, 0.25) is 6.79 Å². The number of rotatable bonds is 5. The monoisotopic (exact) mass is 424 g/mol. The maximum atomic E-state index is 12.5. The van der Waals surface area contributed by atoms with Gasteiger partial charge < -0.3 is 9.47 Å². The third-order valence-electron chi connectivity index (χ3n) is 5.06. The number of carbonyl (C=O) groups is 1. The van der Waals surface area contributed by atoms with E-state index in [9.17, 15) is 4.79 Å². The maximum absolute atomic E-state index is 12.5. The second kappa shape index (κ2) is 8.39. The van der Waals surface area contributed by atoms with Gasteiger partial charge in [-0.05, 0) is 43.3 Å². The van der Waals surface area contributed by atoms with Crippen molar-refractivity contribution in [2.75, 3.05) is 6.79 Å². The maximum Gasteiger partial charge on any atom is 0.271 e. The van der Waals surface area contributed by atoms with E-state index in [2.05, 4.69) is 16.6 Å². The van der Waals surface area contributed by atoms with Gasteiger partial charge in [-0.3, -0.25) is 4.79 Å². The van der Waals surface area contributed by atoms with Crippen LogP contribution >= 0.6 is 0 Å². The molecule has 1 aromatic heterocycles. The van der Waals surface area contributed by atoms with E-state index in [0.29, 0.717) is 17.1 Å². The third-order valence-corrected chi connectivity index (χ3v) is 5.06. The largest absolute Gasteiger partial charge is 0.454 e. The van der Waals surface area contributed by atoms with Crippen LogP contribution in [0.15, 0.2) is 84.1 Å². The first-order chi connectivity index (χ1) is 15.7. The SMILES string of the molecule is Cc1cccc(-c2nn(-c3ccccc3)cc2/C=N\NC(=O)c2ccc3c(c2)OCO3)c1. The molecule has 32 heavy (non-hydrogen) atoms. The normalized spacial score (nSPS) is 12.3. The van der Waals surface area contributed by atoms with Crippen LogP contribution in [0, 0.1) is 6.92 Å². The zero-order valence-electron chi connectivity index (χ0n) is 17.4. The summed E-state index contributed by atoms with van der Waals surface area (Å²) in [4.78, 5) is 12.5. The summed E-state index contributed by atoms with van der Waals surface area (Å²) in [6, 6.07) is 23.0. The van der Waals surface area contributed by atoms with Gasteiger partial charge in [-0.2, -0.15) is 10.2 Å². The molecule has 0 radical (unpaired) electrons. The molecule has 0 bridgehead atoms. The lowest BCUT2D eigenvalue weighted by molar-refractivity contribution is 0.0954. The van der Waals surface area contributed by atoms with E-state index in [1.165, 1.54) is 0 Å². The molecule has 0 unspecified atom stereocenters. The van der Waals surface area contributed by atoms with Crippen molar-refractivity contribution in [2.24, 2.45) is 5.10 Å². The van der Waals surface area contributed by atoms with Crippen molar-refractivity contribution in [1.29, 1.82) is 0 Å². The van der Waals surface area contributed by atoms with Gasteiger partial charge in [0.25, 0.3) is 5.91 Å². The van der Waals surface area contributed by atoms with Gasteiger partial charge in [-0.15, -0.1) is 0 Å². The molecule has 0 saturated heterocycles. The van der Waals surface area contributed by atoms with Crippen molar-refractivity contribution < 1.29 is 14.3 Å².